The van der Waals surface area contributed by atoms with Gasteiger partial charge in [-0.15, -0.1) is 0 Å². The molecule has 0 saturated carbocycles. The van der Waals surface area contributed by atoms with Gasteiger partial charge in [0.05, 0.1) is 4.47 Å². The van der Waals surface area contributed by atoms with Crippen LogP contribution in [0.3, 0.4) is 0 Å². The Kier molecular flexibility index (Phi) is 5.76. The predicted molar refractivity (Wildman–Crippen MR) is 86.8 cm³/mol. The van der Waals surface area contributed by atoms with Crippen molar-refractivity contribution in [3.8, 4) is 5.75 Å². The van der Waals surface area contributed by atoms with E-state index in [0.29, 0.717) is 17.1 Å². The van der Waals surface area contributed by atoms with Crippen LogP contribution in [0.15, 0.2) is 46.9 Å². The molecule has 112 valence electrons. The Hall–Kier alpha value is -1.39. The smallest absolute Gasteiger partial charge is 0.137 e. The van der Waals surface area contributed by atoms with Crippen molar-refractivity contribution in [1.82, 2.24) is 5.32 Å². The molecular formula is C17H19BrFNO. The first kappa shape index (κ1) is 16.0. The molecule has 0 atom stereocenters. The van der Waals surface area contributed by atoms with Crippen LogP contribution in [-0.2, 0) is 13.2 Å². The number of benzene rings is 2. The highest BCUT2D eigenvalue weighted by Gasteiger charge is 2.02. The monoisotopic (exact) mass is 351 g/mol. The maximum Gasteiger partial charge on any atom is 0.137 e. The first-order valence-electron chi connectivity index (χ1n) is 6.93. The summed E-state index contributed by atoms with van der Waals surface area (Å²) in [7, 11) is 0. The molecule has 0 aromatic heterocycles. The third kappa shape index (κ3) is 5.14. The van der Waals surface area contributed by atoms with E-state index in [9.17, 15) is 4.39 Å². The molecule has 0 unspecified atom stereocenters. The van der Waals surface area contributed by atoms with E-state index in [-0.39, 0.29) is 5.82 Å². The van der Waals surface area contributed by atoms with Gasteiger partial charge >= 0.3 is 0 Å². The molecule has 0 aliphatic heterocycles. The van der Waals surface area contributed by atoms with Crippen LogP contribution < -0.4 is 10.1 Å². The van der Waals surface area contributed by atoms with Crippen molar-refractivity contribution in [3.05, 3.63) is 63.9 Å². The van der Waals surface area contributed by atoms with Gasteiger partial charge in [0, 0.05) is 12.6 Å². The summed E-state index contributed by atoms with van der Waals surface area (Å²) < 4.78 is 19.4. The topological polar surface area (TPSA) is 21.3 Å². The highest BCUT2D eigenvalue weighted by atomic mass is 79.9. The molecule has 2 aromatic carbocycles. The Labute approximate surface area is 133 Å². The van der Waals surface area contributed by atoms with Crippen molar-refractivity contribution in [2.75, 3.05) is 0 Å². The van der Waals surface area contributed by atoms with Gasteiger partial charge in [0.25, 0.3) is 0 Å². The minimum atomic E-state index is -0.263. The molecule has 0 bridgehead atoms. The Balaban J connectivity index is 1.96. The third-order valence-electron chi connectivity index (χ3n) is 3.00. The molecule has 4 heteroatoms. The minimum absolute atomic E-state index is 0.263. The summed E-state index contributed by atoms with van der Waals surface area (Å²) in [5, 5.41) is 3.37. The van der Waals surface area contributed by atoms with Crippen molar-refractivity contribution in [2.24, 2.45) is 0 Å². The number of rotatable bonds is 6. The van der Waals surface area contributed by atoms with Gasteiger partial charge in [-0.2, -0.15) is 0 Å². The van der Waals surface area contributed by atoms with Gasteiger partial charge in [-0.05, 0) is 51.3 Å². The SMILES string of the molecule is CC(C)NCc1cccc(OCc2ccc(F)c(Br)c2)c1. The van der Waals surface area contributed by atoms with E-state index < -0.39 is 0 Å². The fraction of sp³-hybridized carbons (Fsp3) is 0.294. The molecule has 0 aliphatic rings. The number of hydrogen-bond acceptors (Lipinski definition) is 2. The zero-order valence-corrected chi connectivity index (χ0v) is 13.8. The van der Waals surface area contributed by atoms with Crippen LogP contribution in [0.4, 0.5) is 4.39 Å². The van der Waals surface area contributed by atoms with Crippen molar-refractivity contribution >= 4 is 15.9 Å². The van der Waals surface area contributed by atoms with Crippen LogP contribution in [0, 0.1) is 5.82 Å². The molecule has 0 spiro atoms. The van der Waals surface area contributed by atoms with Crippen LogP contribution in [0.1, 0.15) is 25.0 Å². The lowest BCUT2D eigenvalue weighted by atomic mass is 10.2. The minimum Gasteiger partial charge on any atom is -0.489 e. The second-order valence-electron chi connectivity index (χ2n) is 5.22. The van der Waals surface area contributed by atoms with Gasteiger partial charge < -0.3 is 10.1 Å². The lowest BCUT2D eigenvalue weighted by Crippen LogP contribution is -2.21. The van der Waals surface area contributed by atoms with Crippen LogP contribution in [0.5, 0.6) is 5.75 Å². The Bertz CT molecular complexity index is 601. The van der Waals surface area contributed by atoms with Crippen molar-refractivity contribution in [1.29, 1.82) is 0 Å². The molecule has 2 rings (SSSR count). The largest absolute Gasteiger partial charge is 0.489 e. The van der Waals surface area contributed by atoms with E-state index in [2.05, 4.69) is 41.2 Å². The molecule has 0 aliphatic carbocycles. The molecule has 0 fully saturated rings. The second kappa shape index (κ2) is 7.57. The van der Waals surface area contributed by atoms with Crippen molar-refractivity contribution < 1.29 is 9.13 Å². The molecule has 2 nitrogen and oxygen atoms in total. The molecule has 0 heterocycles. The van der Waals surface area contributed by atoms with E-state index in [1.807, 2.05) is 18.2 Å². The lowest BCUT2D eigenvalue weighted by molar-refractivity contribution is 0.305. The van der Waals surface area contributed by atoms with Gasteiger partial charge in [-0.25, -0.2) is 4.39 Å². The molecule has 21 heavy (non-hydrogen) atoms. The fourth-order valence-corrected chi connectivity index (χ4v) is 2.29. The maximum atomic E-state index is 13.2. The summed E-state index contributed by atoms with van der Waals surface area (Å²) in [6, 6.07) is 13.3. The lowest BCUT2D eigenvalue weighted by Gasteiger charge is -2.11. The van der Waals surface area contributed by atoms with E-state index in [1.54, 1.807) is 12.1 Å². The number of hydrogen-bond donors (Lipinski definition) is 1. The molecule has 0 saturated heterocycles. The number of nitrogens with one attached hydrogen (secondary N) is 1. The van der Waals surface area contributed by atoms with E-state index in [0.717, 1.165) is 17.9 Å². The summed E-state index contributed by atoms with van der Waals surface area (Å²) in [5.41, 5.74) is 2.11. The summed E-state index contributed by atoms with van der Waals surface area (Å²) >= 11 is 3.18. The maximum absolute atomic E-state index is 13.2. The summed E-state index contributed by atoms with van der Waals surface area (Å²) in [6.45, 7) is 5.47. The third-order valence-corrected chi connectivity index (χ3v) is 3.61. The standard InChI is InChI=1S/C17H19BrFNO/c1-12(2)20-10-13-4-3-5-15(8-13)21-11-14-6-7-17(19)16(18)9-14/h3-9,12,20H,10-11H2,1-2H3. The number of halogens is 2. The predicted octanol–water partition coefficient (Wildman–Crippen LogP) is 4.67. The summed E-state index contributed by atoms with van der Waals surface area (Å²) in [6.07, 6.45) is 0. The van der Waals surface area contributed by atoms with Gasteiger partial charge in [0.15, 0.2) is 0 Å². The van der Waals surface area contributed by atoms with Gasteiger partial charge in [-0.1, -0.05) is 32.0 Å². The Morgan fingerprint density at radius 1 is 1.14 bits per heavy atom. The van der Waals surface area contributed by atoms with Gasteiger partial charge in [-0.3, -0.25) is 0 Å². The highest BCUT2D eigenvalue weighted by Crippen LogP contribution is 2.19. The van der Waals surface area contributed by atoms with Crippen molar-refractivity contribution in [3.63, 3.8) is 0 Å². The highest BCUT2D eigenvalue weighted by molar-refractivity contribution is 9.10. The average Bonchev–Trinajstić information content (AvgIpc) is 2.47. The molecular weight excluding hydrogens is 333 g/mol. The molecule has 2 aromatic rings. The zero-order valence-electron chi connectivity index (χ0n) is 12.2. The summed E-state index contributed by atoms with van der Waals surface area (Å²) in [5.74, 6) is 0.555. The Morgan fingerprint density at radius 2 is 1.95 bits per heavy atom. The van der Waals surface area contributed by atoms with Gasteiger partial charge in [0.1, 0.15) is 18.2 Å². The second-order valence-corrected chi connectivity index (χ2v) is 6.07. The van der Waals surface area contributed by atoms with E-state index in [1.165, 1.54) is 11.6 Å². The molecule has 0 radical (unpaired) electrons. The Morgan fingerprint density at radius 3 is 2.67 bits per heavy atom. The van der Waals surface area contributed by atoms with Gasteiger partial charge in [0.2, 0.25) is 0 Å². The van der Waals surface area contributed by atoms with Crippen LogP contribution in [0.25, 0.3) is 0 Å². The molecule has 0 amide bonds. The van der Waals surface area contributed by atoms with E-state index >= 15 is 0 Å². The quantitative estimate of drug-likeness (QED) is 0.816. The number of ether oxygens (including phenoxy) is 1. The fourth-order valence-electron chi connectivity index (χ4n) is 1.86. The average molecular weight is 352 g/mol. The normalized spacial score (nSPS) is 10.9. The van der Waals surface area contributed by atoms with Crippen LogP contribution in [0.2, 0.25) is 0 Å². The van der Waals surface area contributed by atoms with Crippen LogP contribution >= 0.6 is 15.9 Å². The first-order valence-corrected chi connectivity index (χ1v) is 7.73. The summed E-state index contributed by atoms with van der Waals surface area (Å²) in [4.78, 5) is 0. The first-order chi connectivity index (χ1) is 10.0. The van der Waals surface area contributed by atoms with Crippen LogP contribution in [-0.4, -0.2) is 6.04 Å². The van der Waals surface area contributed by atoms with E-state index in [4.69, 9.17) is 4.74 Å². The zero-order chi connectivity index (χ0) is 15.2. The molecule has 1 N–H and O–H groups in total. The van der Waals surface area contributed by atoms with Crippen molar-refractivity contribution in [2.45, 2.75) is 33.0 Å².